The smallest absolute Gasteiger partial charge is 0.227 e. The fourth-order valence-electron chi connectivity index (χ4n) is 3.66. The van der Waals surface area contributed by atoms with Gasteiger partial charge in [0.1, 0.15) is 5.82 Å². The lowest BCUT2D eigenvalue weighted by Gasteiger charge is -2.16. The van der Waals surface area contributed by atoms with Crippen LogP contribution < -0.4 is 4.90 Å². The van der Waals surface area contributed by atoms with E-state index in [-0.39, 0.29) is 11.7 Å². The van der Waals surface area contributed by atoms with Crippen molar-refractivity contribution in [1.82, 2.24) is 14.8 Å². The average Bonchev–Trinajstić information content (AvgIpc) is 3.62. The zero-order valence-electron chi connectivity index (χ0n) is 15.1. The molecule has 0 radical (unpaired) electrons. The summed E-state index contributed by atoms with van der Waals surface area (Å²) >= 11 is 1.48. The molecule has 2 heterocycles. The second-order valence-electron chi connectivity index (χ2n) is 7.63. The molecular weight excluding hydrogens is 360 g/mol. The highest BCUT2D eigenvalue weighted by atomic mass is 32.2. The van der Waals surface area contributed by atoms with Gasteiger partial charge < -0.3 is 9.47 Å². The Labute approximate surface area is 162 Å². The van der Waals surface area contributed by atoms with Crippen LogP contribution in [0, 0.1) is 0 Å². The third-order valence-electron chi connectivity index (χ3n) is 5.43. The van der Waals surface area contributed by atoms with Crippen LogP contribution >= 0.6 is 11.8 Å². The minimum Gasteiger partial charge on any atom is -0.312 e. The summed E-state index contributed by atoms with van der Waals surface area (Å²) in [6, 6.07) is 7.95. The maximum absolute atomic E-state index is 12.7. The minimum absolute atomic E-state index is 0.0619. The Bertz CT molecular complexity index is 901. The Kier molecular flexibility index (Phi) is 4.27. The van der Waals surface area contributed by atoms with Gasteiger partial charge in [-0.3, -0.25) is 9.59 Å². The third kappa shape index (κ3) is 3.40. The van der Waals surface area contributed by atoms with Crippen molar-refractivity contribution >= 4 is 29.1 Å². The molecule has 140 valence electrons. The van der Waals surface area contributed by atoms with Gasteiger partial charge in [-0.2, -0.15) is 0 Å². The van der Waals surface area contributed by atoms with E-state index in [4.69, 9.17) is 0 Å². The van der Waals surface area contributed by atoms with E-state index in [1.165, 1.54) is 37.4 Å². The van der Waals surface area contributed by atoms with Crippen LogP contribution in [0.15, 0.2) is 29.4 Å². The van der Waals surface area contributed by atoms with Crippen LogP contribution in [0.4, 0.5) is 5.69 Å². The fourth-order valence-corrected chi connectivity index (χ4v) is 4.57. The summed E-state index contributed by atoms with van der Waals surface area (Å²) in [4.78, 5) is 26.5. The lowest BCUT2D eigenvalue weighted by molar-refractivity contribution is -0.117. The maximum atomic E-state index is 12.7. The molecule has 27 heavy (non-hydrogen) atoms. The number of hydrogen-bond acceptors (Lipinski definition) is 5. The van der Waals surface area contributed by atoms with Crippen molar-refractivity contribution in [3.8, 4) is 0 Å². The monoisotopic (exact) mass is 382 g/mol. The summed E-state index contributed by atoms with van der Waals surface area (Å²) in [5, 5.41) is 9.64. The van der Waals surface area contributed by atoms with Crippen molar-refractivity contribution in [2.45, 2.75) is 55.6 Å². The van der Waals surface area contributed by atoms with Crippen molar-refractivity contribution in [2.24, 2.45) is 0 Å². The van der Waals surface area contributed by atoms with Gasteiger partial charge in [0, 0.05) is 36.2 Å². The van der Waals surface area contributed by atoms with E-state index in [1.807, 2.05) is 24.3 Å². The van der Waals surface area contributed by atoms with E-state index >= 15 is 0 Å². The molecule has 0 N–H and O–H groups in total. The Morgan fingerprint density at radius 1 is 1.19 bits per heavy atom. The van der Waals surface area contributed by atoms with Crippen molar-refractivity contribution < 1.29 is 9.59 Å². The number of carbonyl (C=O) groups excluding carboxylic acids is 2. The fraction of sp³-hybridized carbons (Fsp3) is 0.500. The van der Waals surface area contributed by atoms with Gasteiger partial charge in [0.2, 0.25) is 5.91 Å². The van der Waals surface area contributed by atoms with Crippen molar-refractivity contribution in [2.75, 3.05) is 17.2 Å². The van der Waals surface area contributed by atoms with E-state index < -0.39 is 0 Å². The van der Waals surface area contributed by atoms with Gasteiger partial charge in [-0.15, -0.1) is 10.2 Å². The van der Waals surface area contributed by atoms with Gasteiger partial charge in [-0.05, 0) is 44.2 Å². The largest absolute Gasteiger partial charge is 0.312 e. The Balaban J connectivity index is 1.29. The number of Topliss-reactive ketones (excluding diaryl/α,β-unsaturated/α-hetero) is 1. The number of nitrogens with zero attached hydrogens (tertiary/aromatic N) is 4. The maximum Gasteiger partial charge on any atom is 0.227 e. The molecule has 2 aliphatic carbocycles. The molecule has 5 rings (SSSR count). The first-order valence-electron chi connectivity index (χ1n) is 9.72. The van der Waals surface area contributed by atoms with Crippen LogP contribution in [-0.2, 0) is 4.79 Å². The Morgan fingerprint density at radius 2 is 2.04 bits per heavy atom. The predicted octanol–water partition coefficient (Wildman–Crippen LogP) is 3.59. The quantitative estimate of drug-likeness (QED) is 0.541. The summed E-state index contributed by atoms with van der Waals surface area (Å²) in [5.74, 6) is 2.22. The normalized spacial score (nSPS) is 19.7. The highest BCUT2D eigenvalue weighted by Gasteiger charge is 2.36. The van der Waals surface area contributed by atoms with E-state index in [1.54, 1.807) is 4.90 Å². The molecule has 2 saturated carbocycles. The number of hydrogen-bond donors (Lipinski definition) is 0. The zero-order valence-corrected chi connectivity index (χ0v) is 16.0. The van der Waals surface area contributed by atoms with Crippen molar-refractivity contribution in [3.63, 3.8) is 0 Å². The van der Waals surface area contributed by atoms with Crippen LogP contribution in [0.1, 0.15) is 66.7 Å². The lowest BCUT2D eigenvalue weighted by Crippen LogP contribution is -2.23. The molecule has 0 spiro atoms. The summed E-state index contributed by atoms with van der Waals surface area (Å²) < 4.78 is 2.27. The molecule has 1 aliphatic heterocycles. The number of carbonyl (C=O) groups is 2. The van der Waals surface area contributed by atoms with E-state index in [9.17, 15) is 9.59 Å². The number of anilines is 1. The van der Waals surface area contributed by atoms with Crippen LogP contribution in [-0.4, -0.2) is 38.8 Å². The molecule has 1 saturated heterocycles. The Morgan fingerprint density at radius 3 is 2.74 bits per heavy atom. The standard InChI is InChI=1S/C20H22N4O2S/c25-17(14-3-1-4-16(11-14)23-10-2-5-18(23)26)12-27-20-22-21-19(13-6-7-13)24(20)15-8-9-15/h1,3-4,11,13,15H,2,5-10,12H2. The highest BCUT2D eigenvalue weighted by molar-refractivity contribution is 7.99. The molecule has 7 heteroatoms. The summed E-state index contributed by atoms with van der Waals surface area (Å²) in [6.45, 7) is 0.736. The number of benzene rings is 1. The third-order valence-corrected chi connectivity index (χ3v) is 6.37. The molecule has 1 aromatic carbocycles. The van der Waals surface area contributed by atoms with E-state index in [0.29, 0.717) is 29.7 Å². The molecule has 1 aromatic heterocycles. The van der Waals surface area contributed by atoms with Crippen LogP contribution in [0.25, 0.3) is 0 Å². The number of amides is 1. The first-order chi connectivity index (χ1) is 13.2. The number of aromatic nitrogens is 3. The summed E-state index contributed by atoms with van der Waals surface area (Å²) in [5.41, 5.74) is 1.48. The van der Waals surface area contributed by atoms with E-state index in [2.05, 4.69) is 14.8 Å². The predicted molar refractivity (Wildman–Crippen MR) is 103 cm³/mol. The van der Waals surface area contributed by atoms with Gasteiger partial charge in [0.05, 0.1) is 5.75 Å². The molecule has 0 atom stereocenters. The molecule has 2 aromatic rings. The Hall–Kier alpha value is -2.15. The lowest BCUT2D eigenvalue weighted by atomic mass is 10.1. The first kappa shape index (κ1) is 17.0. The SMILES string of the molecule is O=C(CSc1nnc(C2CC2)n1C1CC1)c1cccc(N2CCCC2=O)c1. The molecule has 3 fully saturated rings. The van der Waals surface area contributed by atoms with Crippen molar-refractivity contribution in [1.29, 1.82) is 0 Å². The minimum atomic E-state index is 0.0619. The molecule has 3 aliphatic rings. The number of rotatable bonds is 7. The molecule has 1 amide bonds. The topological polar surface area (TPSA) is 68.1 Å². The van der Waals surface area contributed by atoms with Gasteiger partial charge in [0.15, 0.2) is 10.9 Å². The molecular formula is C20H22N4O2S. The molecule has 0 bridgehead atoms. The average molecular weight is 382 g/mol. The van der Waals surface area contributed by atoms with E-state index in [0.717, 1.165) is 29.6 Å². The summed E-state index contributed by atoms with van der Waals surface area (Å²) in [6.07, 6.45) is 6.25. The van der Waals surface area contributed by atoms with Crippen LogP contribution in [0.2, 0.25) is 0 Å². The zero-order chi connectivity index (χ0) is 18.4. The van der Waals surface area contributed by atoms with Gasteiger partial charge >= 0.3 is 0 Å². The molecule has 0 unspecified atom stereocenters. The second-order valence-corrected chi connectivity index (χ2v) is 8.57. The van der Waals surface area contributed by atoms with Gasteiger partial charge in [-0.25, -0.2) is 0 Å². The number of ketones is 1. The van der Waals surface area contributed by atoms with Crippen LogP contribution in [0.5, 0.6) is 0 Å². The number of thioether (sulfide) groups is 1. The van der Waals surface area contributed by atoms with Crippen molar-refractivity contribution in [3.05, 3.63) is 35.7 Å². The molecule has 6 nitrogen and oxygen atoms in total. The van der Waals surface area contributed by atoms with Gasteiger partial charge in [0.25, 0.3) is 0 Å². The van der Waals surface area contributed by atoms with Crippen LogP contribution in [0.3, 0.4) is 0 Å². The second kappa shape index (κ2) is 6.78. The summed E-state index contributed by atoms with van der Waals surface area (Å²) in [7, 11) is 0. The van der Waals surface area contributed by atoms with Gasteiger partial charge in [-0.1, -0.05) is 23.9 Å². The highest BCUT2D eigenvalue weighted by Crippen LogP contribution is 2.46. The first-order valence-corrected chi connectivity index (χ1v) is 10.7.